The highest BCUT2D eigenvalue weighted by Crippen LogP contribution is 2.40. The Kier molecular flexibility index (Phi) is 6.60. The summed E-state index contributed by atoms with van der Waals surface area (Å²) in [4.78, 5) is 18.7. The molecule has 0 saturated carbocycles. The van der Waals surface area contributed by atoms with Crippen LogP contribution < -0.4 is 15.4 Å². The molecule has 6 rings (SSSR count). The van der Waals surface area contributed by atoms with Crippen molar-refractivity contribution in [3.63, 3.8) is 0 Å². The zero-order valence-electron chi connectivity index (χ0n) is 20.6. The Balaban J connectivity index is 1.47. The zero-order chi connectivity index (χ0) is 25.5. The van der Waals surface area contributed by atoms with Gasteiger partial charge in [-0.1, -0.05) is 35.1 Å². The van der Waals surface area contributed by atoms with Crippen molar-refractivity contribution in [3.05, 3.63) is 47.3 Å². The number of nitrogen functional groups attached to an aromatic ring is 1. The number of anilines is 2. The lowest BCUT2D eigenvalue weighted by molar-refractivity contribution is 0.188. The average molecular weight is 539 g/mol. The lowest BCUT2D eigenvalue weighted by atomic mass is 10.0. The summed E-state index contributed by atoms with van der Waals surface area (Å²) in [6.45, 7) is 3.32. The van der Waals surface area contributed by atoms with Gasteiger partial charge < -0.3 is 20.3 Å². The molecule has 0 spiro atoms. The molecule has 2 aliphatic rings. The molecule has 1 unspecified atom stereocenters. The van der Waals surface area contributed by atoms with Gasteiger partial charge in [-0.05, 0) is 63.5 Å². The van der Waals surface area contributed by atoms with Gasteiger partial charge in [0.1, 0.15) is 18.2 Å². The minimum atomic E-state index is -0.350. The number of likely N-dealkylation sites (tertiary alicyclic amines) is 1. The first-order valence-corrected chi connectivity index (χ1v) is 13.8. The summed E-state index contributed by atoms with van der Waals surface area (Å²) in [6, 6.07) is 7.66. The fraction of sp³-hybridized carbons (Fsp3) is 0.370. The number of nitrogens with two attached hydrogens (primary N) is 1. The number of aromatic nitrogens is 3. The number of rotatable bonds is 5. The first-order chi connectivity index (χ1) is 18.0. The Bertz CT molecular complexity index is 1500. The van der Waals surface area contributed by atoms with E-state index in [1.54, 1.807) is 6.07 Å². The van der Waals surface area contributed by atoms with E-state index in [4.69, 9.17) is 32.0 Å². The van der Waals surface area contributed by atoms with Gasteiger partial charge in [0.05, 0.1) is 15.7 Å². The lowest BCUT2D eigenvalue weighted by Gasteiger charge is -2.24. The molecule has 4 heterocycles. The van der Waals surface area contributed by atoms with Crippen LogP contribution in [0.3, 0.4) is 0 Å². The second-order valence-electron chi connectivity index (χ2n) is 9.63. The number of fused-ring (bicyclic) bond motifs is 2. The summed E-state index contributed by atoms with van der Waals surface area (Å²) >= 11 is 7.99. The van der Waals surface area contributed by atoms with Crippen LogP contribution in [0, 0.1) is 5.82 Å². The predicted molar refractivity (Wildman–Crippen MR) is 149 cm³/mol. The summed E-state index contributed by atoms with van der Waals surface area (Å²) in [5.41, 5.74) is 8.57. The topological polar surface area (TPSA) is 80.4 Å². The largest absolute Gasteiger partial charge is 0.462 e. The molecule has 2 N–H and O–H groups in total. The van der Waals surface area contributed by atoms with Crippen LogP contribution in [0.25, 0.3) is 32.2 Å². The maximum absolute atomic E-state index is 14.5. The number of ether oxygens (including phenoxy) is 1. The normalized spacial score (nSPS) is 18.7. The molecule has 2 aliphatic heterocycles. The molecule has 1 fully saturated rings. The van der Waals surface area contributed by atoms with Crippen LogP contribution in [0.15, 0.2) is 36.4 Å². The van der Waals surface area contributed by atoms with Gasteiger partial charge in [-0.15, -0.1) is 0 Å². The number of hydrogen-bond donors (Lipinski definition) is 1. The molecule has 192 valence electrons. The number of benzene rings is 2. The minimum absolute atomic E-state index is 0.310. The van der Waals surface area contributed by atoms with Crippen molar-refractivity contribution in [2.45, 2.75) is 31.7 Å². The highest BCUT2D eigenvalue weighted by molar-refractivity contribution is 7.22. The van der Waals surface area contributed by atoms with Crippen LogP contribution in [0.2, 0.25) is 5.02 Å². The van der Waals surface area contributed by atoms with E-state index in [9.17, 15) is 4.39 Å². The highest BCUT2D eigenvalue weighted by Gasteiger charge is 2.24. The molecular weight excluding hydrogens is 511 g/mol. The van der Waals surface area contributed by atoms with Gasteiger partial charge in [-0.25, -0.2) is 9.37 Å². The Morgan fingerprint density at radius 1 is 1.11 bits per heavy atom. The third-order valence-corrected chi connectivity index (χ3v) is 8.43. The highest BCUT2D eigenvalue weighted by atomic mass is 35.5. The smallest absolute Gasteiger partial charge is 0.319 e. The predicted octanol–water partition coefficient (Wildman–Crippen LogP) is 5.91. The van der Waals surface area contributed by atoms with E-state index < -0.39 is 0 Å². The maximum Gasteiger partial charge on any atom is 0.319 e. The van der Waals surface area contributed by atoms with Crippen molar-refractivity contribution >= 4 is 55.0 Å². The molecule has 2 aromatic carbocycles. The Morgan fingerprint density at radius 3 is 2.68 bits per heavy atom. The van der Waals surface area contributed by atoms with Crippen molar-refractivity contribution in [3.8, 4) is 17.1 Å². The van der Waals surface area contributed by atoms with E-state index in [1.807, 2.05) is 12.1 Å². The molecule has 0 bridgehead atoms. The summed E-state index contributed by atoms with van der Waals surface area (Å²) < 4.78 is 21.1. The SMILES string of the molecule is CN1CCCC1COc1nc(N2CCC=CCC2)c2cc(Cl)c(-c3ccc(F)c4sc(N)nc34)cc2n1. The van der Waals surface area contributed by atoms with E-state index in [1.165, 1.54) is 12.5 Å². The van der Waals surface area contributed by atoms with Crippen LogP contribution >= 0.6 is 22.9 Å². The molecule has 1 saturated heterocycles. The number of halogens is 2. The molecule has 2 aromatic heterocycles. The average Bonchev–Trinajstić information content (AvgIpc) is 3.37. The lowest BCUT2D eigenvalue weighted by Crippen LogP contribution is -2.31. The van der Waals surface area contributed by atoms with Gasteiger partial charge in [0.25, 0.3) is 0 Å². The fourth-order valence-electron chi connectivity index (χ4n) is 5.21. The first kappa shape index (κ1) is 24.3. The molecule has 1 atom stereocenters. The van der Waals surface area contributed by atoms with Crippen LogP contribution in [0.1, 0.15) is 25.7 Å². The van der Waals surface area contributed by atoms with Gasteiger partial charge in [0, 0.05) is 40.7 Å². The third kappa shape index (κ3) is 4.71. The van der Waals surface area contributed by atoms with Crippen molar-refractivity contribution in [2.75, 3.05) is 43.9 Å². The van der Waals surface area contributed by atoms with Crippen LogP contribution in [0.5, 0.6) is 6.01 Å². The molecule has 0 aliphatic carbocycles. The van der Waals surface area contributed by atoms with Crippen molar-refractivity contribution in [1.82, 2.24) is 19.9 Å². The molecule has 0 radical (unpaired) electrons. The van der Waals surface area contributed by atoms with Crippen molar-refractivity contribution in [1.29, 1.82) is 0 Å². The Morgan fingerprint density at radius 2 is 1.92 bits per heavy atom. The van der Waals surface area contributed by atoms with E-state index in [-0.39, 0.29) is 5.82 Å². The number of thiazole rings is 1. The second kappa shape index (κ2) is 10.0. The van der Waals surface area contributed by atoms with E-state index in [0.717, 1.165) is 67.0 Å². The molecule has 0 amide bonds. The quantitative estimate of drug-likeness (QED) is 0.316. The monoisotopic (exact) mass is 538 g/mol. The Hall–Kier alpha value is -3.01. The van der Waals surface area contributed by atoms with Crippen molar-refractivity contribution < 1.29 is 9.13 Å². The maximum atomic E-state index is 14.5. The van der Waals surface area contributed by atoms with E-state index in [0.29, 0.717) is 50.2 Å². The molecule has 4 aromatic rings. The van der Waals surface area contributed by atoms with E-state index in [2.05, 4.69) is 34.0 Å². The molecular formula is C27H28ClFN6OS. The summed E-state index contributed by atoms with van der Waals surface area (Å²) in [7, 11) is 2.13. The summed E-state index contributed by atoms with van der Waals surface area (Å²) in [5, 5.41) is 1.69. The number of likely N-dealkylation sites (N-methyl/N-ethyl adjacent to an activating group) is 1. The Labute approximate surface area is 223 Å². The summed E-state index contributed by atoms with van der Waals surface area (Å²) in [5.74, 6) is 0.468. The zero-order valence-corrected chi connectivity index (χ0v) is 22.2. The van der Waals surface area contributed by atoms with Gasteiger partial charge in [0.15, 0.2) is 5.13 Å². The fourth-order valence-corrected chi connectivity index (χ4v) is 6.24. The number of hydrogen-bond acceptors (Lipinski definition) is 8. The minimum Gasteiger partial charge on any atom is -0.462 e. The third-order valence-electron chi connectivity index (χ3n) is 7.22. The molecule has 10 heteroatoms. The first-order valence-electron chi connectivity index (χ1n) is 12.6. The van der Waals surface area contributed by atoms with Crippen LogP contribution in [-0.4, -0.2) is 59.2 Å². The number of nitrogens with zero attached hydrogens (tertiary/aromatic N) is 5. The summed E-state index contributed by atoms with van der Waals surface area (Å²) in [6.07, 6.45) is 8.58. The standard InChI is InChI=1S/C27H28ClFN6OS/c1-34-10-6-7-16(34)15-36-27-31-22-14-18(17-8-9-21(29)24-23(17)32-26(30)37-24)20(28)13-19(22)25(33-27)35-11-4-2-3-5-12-35/h2-3,8-9,13-14,16H,4-7,10-12,15H2,1H3,(H2,30,32). The van der Waals surface area contributed by atoms with Gasteiger partial charge in [0.2, 0.25) is 0 Å². The van der Waals surface area contributed by atoms with E-state index >= 15 is 0 Å². The second-order valence-corrected chi connectivity index (χ2v) is 11.1. The van der Waals surface area contributed by atoms with Crippen LogP contribution in [-0.2, 0) is 0 Å². The van der Waals surface area contributed by atoms with Gasteiger partial charge in [-0.2, -0.15) is 9.97 Å². The van der Waals surface area contributed by atoms with Crippen molar-refractivity contribution in [2.24, 2.45) is 0 Å². The molecule has 37 heavy (non-hydrogen) atoms. The van der Waals surface area contributed by atoms with Gasteiger partial charge >= 0.3 is 6.01 Å². The van der Waals surface area contributed by atoms with Gasteiger partial charge in [-0.3, -0.25) is 0 Å². The molecule has 7 nitrogen and oxygen atoms in total. The van der Waals surface area contributed by atoms with Crippen LogP contribution in [0.4, 0.5) is 15.3 Å².